The van der Waals surface area contributed by atoms with Gasteiger partial charge in [-0.2, -0.15) is 5.26 Å². The lowest BCUT2D eigenvalue weighted by Gasteiger charge is -2.17. The summed E-state index contributed by atoms with van der Waals surface area (Å²) in [7, 11) is -3.54. The van der Waals surface area contributed by atoms with Crippen molar-refractivity contribution in [2.75, 3.05) is 30.7 Å². The fourth-order valence-corrected chi connectivity index (χ4v) is 2.88. The van der Waals surface area contributed by atoms with Gasteiger partial charge >= 0.3 is 6.03 Å². The highest BCUT2D eigenvalue weighted by Crippen LogP contribution is 2.34. The van der Waals surface area contributed by atoms with E-state index >= 15 is 0 Å². The average molecular weight is 368 g/mol. The van der Waals surface area contributed by atoms with Crippen molar-refractivity contribution < 1.29 is 27.5 Å². The van der Waals surface area contributed by atoms with E-state index < -0.39 is 33.6 Å². The van der Waals surface area contributed by atoms with E-state index in [1.54, 1.807) is 18.2 Å². The fraction of sp³-hybridized carbons (Fsp3) is 0.357. The summed E-state index contributed by atoms with van der Waals surface area (Å²) in [6.45, 7) is -0.217. The van der Waals surface area contributed by atoms with Crippen LogP contribution in [0.5, 0.6) is 11.5 Å². The first kappa shape index (κ1) is 18.3. The Kier molecular flexibility index (Phi) is 5.66. The summed E-state index contributed by atoms with van der Waals surface area (Å²) in [6, 6.07) is 4.28. The summed E-state index contributed by atoms with van der Waals surface area (Å²) in [4.78, 5) is 24.0. The van der Waals surface area contributed by atoms with Gasteiger partial charge in [0.05, 0.1) is 11.8 Å². The Morgan fingerprint density at radius 3 is 2.72 bits per heavy atom. The quantitative estimate of drug-likeness (QED) is 0.578. The second-order valence-electron chi connectivity index (χ2n) is 5.19. The Labute approximate surface area is 144 Å². The molecule has 0 aromatic heterocycles. The SMILES string of the molecule is CS(=O)(=O)CC(NC(=O)Nc1ccc2c(c1)OCO2)C(=O)NCC#N. The van der Waals surface area contributed by atoms with Gasteiger partial charge in [0.25, 0.3) is 0 Å². The first-order chi connectivity index (χ1) is 11.8. The molecular formula is C14H16N4O6S. The van der Waals surface area contributed by atoms with E-state index in [2.05, 4.69) is 16.0 Å². The number of carbonyl (C=O) groups is 2. The van der Waals surface area contributed by atoms with Crippen LogP contribution in [0.2, 0.25) is 0 Å². The molecule has 1 aliphatic heterocycles. The van der Waals surface area contributed by atoms with Crippen molar-refractivity contribution in [1.82, 2.24) is 10.6 Å². The van der Waals surface area contributed by atoms with Crippen LogP contribution in [0.1, 0.15) is 0 Å². The van der Waals surface area contributed by atoms with Crippen LogP contribution >= 0.6 is 0 Å². The molecular weight excluding hydrogens is 352 g/mol. The van der Waals surface area contributed by atoms with Crippen molar-refractivity contribution in [1.29, 1.82) is 5.26 Å². The Morgan fingerprint density at radius 1 is 1.32 bits per heavy atom. The van der Waals surface area contributed by atoms with E-state index in [1.165, 1.54) is 6.07 Å². The van der Waals surface area contributed by atoms with Gasteiger partial charge in [-0.15, -0.1) is 0 Å². The van der Waals surface area contributed by atoms with Crippen molar-refractivity contribution in [2.24, 2.45) is 0 Å². The number of nitriles is 1. The summed E-state index contributed by atoms with van der Waals surface area (Å²) < 4.78 is 33.2. The van der Waals surface area contributed by atoms with Crippen LogP contribution in [0, 0.1) is 11.3 Å². The van der Waals surface area contributed by atoms with E-state index in [0.29, 0.717) is 17.2 Å². The molecule has 0 aliphatic carbocycles. The van der Waals surface area contributed by atoms with Gasteiger partial charge in [0.1, 0.15) is 22.4 Å². The molecule has 3 N–H and O–H groups in total. The van der Waals surface area contributed by atoms with Crippen molar-refractivity contribution in [3.8, 4) is 17.6 Å². The minimum Gasteiger partial charge on any atom is -0.454 e. The van der Waals surface area contributed by atoms with E-state index in [1.807, 2.05) is 0 Å². The number of fused-ring (bicyclic) bond motifs is 1. The molecule has 1 aromatic carbocycles. The third kappa shape index (κ3) is 5.54. The monoisotopic (exact) mass is 368 g/mol. The number of sulfone groups is 1. The highest BCUT2D eigenvalue weighted by molar-refractivity contribution is 7.90. The molecule has 3 amide bonds. The van der Waals surface area contributed by atoms with Crippen LogP contribution in [0.25, 0.3) is 0 Å². The lowest BCUT2D eigenvalue weighted by atomic mass is 10.3. The van der Waals surface area contributed by atoms with Crippen LogP contribution in [0.15, 0.2) is 18.2 Å². The third-order valence-electron chi connectivity index (χ3n) is 3.06. The van der Waals surface area contributed by atoms with Crippen LogP contribution in [-0.4, -0.2) is 51.7 Å². The zero-order chi connectivity index (χ0) is 18.4. The highest BCUT2D eigenvalue weighted by atomic mass is 32.2. The van der Waals surface area contributed by atoms with Crippen molar-refractivity contribution >= 4 is 27.5 Å². The zero-order valence-corrected chi connectivity index (χ0v) is 14.1. The second kappa shape index (κ2) is 7.71. The number of nitrogens with one attached hydrogen (secondary N) is 3. The van der Waals surface area contributed by atoms with Crippen molar-refractivity contribution in [2.45, 2.75) is 6.04 Å². The maximum Gasteiger partial charge on any atom is 0.319 e. The maximum atomic E-state index is 12.1. The molecule has 0 saturated heterocycles. The Hall–Kier alpha value is -3.00. The number of benzene rings is 1. The molecule has 1 heterocycles. The van der Waals surface area contributed by atoms with Crippen molar-refractivity contribution in [3.05, 3.63) is 18.2 Å². The topological polar surface area (TPSA) is 147 Å². The normalized spacial score (nSPS) is 13.4. The summed E-state index contributed by atoms with van der Waals surface area (Å²) in [5.74, 6) is -0.374. The zero-order valence-electron chi connectivity index (χ0n) is 13.2. The standard InChI is InChI=1S/C14H16N4O6S/c1-25(21,22)7-10(13(19)16-5-4-15)18-14(20)17-9-2-3-11-12(6-9)24-8-23-11/h2-3,6,10H,5,7-8H2,1H3,(H,16,19)(H2,17,18,20). The van der Waals surface area contributed by atoms with Gasteiger partial charge < -0.3 is 25.4 Å². The molecule has 25 heavy (non-hydrogen) atoms. The Balaban J connectivity index is 2.03. The number of carbonyl (C=O) groups excluding carboxylic acids is 2. The van der Waals surface area contributed by atoms with Gasteiger partial charge in [-0.1, -0.05) is 0 Å². The van der Waals surface area contributed by atoms with Crippen LogP contribution in [0.4, 0.5) is 10.5 Å². The maximum absolute atomic E-state index is 12.1. The van der Waals surface area contributed by atoms with Crippen LogP contribution in [0.3, 0.4) is 0 Å². The summed E-state index contributed by atoms with van der Waals surface area (Å²) in [5, 5.41) is 15.4. The van der Waals surface area contributed by atoms with E-state index in [-0.39, 0.29) is 13.3 Å². The number of hydrogen-bond acceptors (Lipinski definition) is 7. The molecule has 1 atom stereocenters. The average Bonchev–Trinajstić information content (AvgIpc) is 2.98. The molecule has 134 valence electrons. The van der Waals surface area contributed by atoms with E-state index in [4.69, 9.17) is 14.7 Å². The Bertz CT molecular complexity index is 817. The molecule has 0 fully saturated rings. The number of urea groups is 1. The summed E-state index contributed by atoms with van der Waals surface area (Å²) in [5.41, 5.74) is 0.372. The number of anilines is 1. The molecule has 0 saturated carbocycles. The molecule has 10 nitrogen and oxygen atoms in total. The number of hydrogen-bond donors (Lipinski definition) is 3. The molecule has 1 aromatic rings. The fourth-order valence-electron chi connectivity index (χ4n) is 2.04. The number of amides is 3. The van der Waals surface area contributed by atoms with Gasteiger partial charge in [0.15, 0.2) is 11.5 Å². The molecule has 0 bridgehead atoms. The number of rotatable bonds is 6. The molecule has 1 unspecified atom stereocenters. The lowest BCUT2D eigenvalue weighted by molar-refractivity contribution is -0.122. The van der Waals surface area contributed by atoms with E-state index in [0.717, 1.165) is 6.26 Å². The number of nitrogens with zero attached hydrogens (tertiary/aromatic N) is 1. The highest BCUT2D eigenvalue weighted by Gasteiger charge is 2.25. The molecule has 0 radical (unpaired) electrons. The van der Waals surface area contributed by atoms with Gasteiger partial charge in [0.2, 0.25) is 12.7 Å². The molecule has 1 aliphatic rings. The summed E-state index contributed by atoms with van der Waals surface area (Å²) >= 11 is 0. The van der Waals surface area contributed by atoms with Gasteiger partial charge in [-0.25, -0.2) is 13.2 Å². The van der Waals surface area contributed by atoms with Gasteiger partial charge in [0, 0.05) is 18.0 Å². The van der Waals surface area contributed by atoms with Gasteiger partial charge in [-0.3, -0.25) is 4.79 Å². The largest absolute Gasteiger partial charge is 0.454 e. The van der Waals surface area contributed by atoms with E-state index in [9.17, 15) is 18.0 Å². The van der Waals surface area contributed by atoms with Crippen LogP contribution in [-0.2, 0) is 14.6 Å². The minimum atomic E-state index is -3.54. The second-order valence-corrected chi connectivity index (χ2v) is 7.37. The first-order valence-electron chi connectivity index (χ1n) is 7.08. The predicted octanol–water partition coefficient (Wildman–Crippen LogP) is -0.410. The smallest absolute Gasteiger partial charge is 0.319 e. The molecule has 2 rings (SSSR count). The van der Waals surface area contributed by atoms with Crippen molar-refractivity contribution in [3.63, 3.8) is 0 Å². The van der Waals surface area contributed by atoms with Crippen LogP contribution < -0.4 is 25.4 Å². The number of ether oxygens (including phenoxy) is 2. The summed E-state index contributed by atoms with van der Waals surface area (Å²) in [6.07, 6.45) is 0.939. The van der Waals surface area contributed by atoms with Gasteiger partial charge in [-0.05, 0) is 12.1 Å². The molecule has 0 spiro atoms. The Morgan fingerprint density at radius 2 is 2.04 bits per heavy atom. The molecule has 11 heteroatoms. The predicted molar refractivity (Wildman–Crippen MR) is 86.8 cm³/mol. The first-order valence-corrected chi connectivity index (χ1v) is 9.14. The lowest BCUT2D eigenvalue weighted by Crippen LogP contribution is -2.51. The third-order valence-corrected chi connectivity index (χ3v) is 4.00. The minimum absolute atomic E-state index is 0.0838.